The lowest BCUT2D eigenvalue weighted by Gasteiger charge is -2.17. The van der Waals surface area contributed by atoms with Crippen molar-refractivity contribution < 1.29 is 19.4 Å². The van der Waals surface area contributed by atoms with Gasteiger partial charge in [-0.3, -0.25) is 4.79 Å². The molecule has 0 saturated heterocycles. The molecule has 0 saturated carbocycles. The largest absolute Gasteiger partial charge is 0.481 e. The minimum absolute atomic E-state index is 0.0581. The molecule has 1 atom stereocenters. The van der Waals surface area contributed by atoms with Gasteiger partial charge in [0.2, 0.25) is 0 Å². The number of carbonyl (C=O) groups is 2. The average Bonchev–Trinajstić information content (AvgIpc) is 2.35. The molecule has 1 rings (SSSR count). The van der Waals surface area contributed by atoms with Crippen LogP contribution in [-0.2, 0) is 9.53 Å². The zero-order chi connectivity index (χ0) is 14.3. The van der Waals surface area contributed by atoms with Gasteiger partial charge in [0.1, 0.15) is 6.61 Å². The number of amides is 1. The van der Waals surface area contributed by atoms with Crippen molar-refractivity contribution >= 4 is 17.7 Å². The van der Waals surface area contributed by atoms with Crippen molar-refractivity contribution in [3.8, 4) is 0 Å². The van der Waals surface area contributed by atoms with Gasteiger partial charge in [-0.05, 0) is 17.7 Å². The van der Waals surface area contributed by atoms with Gasteiger partial charge in [0.25, 0.3) is 0 Å². The molecule has 1 aromatic rings. The van der Waals surface area contributed by atoms with Crippen LogP contribution in [-0.4, -0.2) is 23.8 Å². The van der Waals surface area contributed by atoms with Crippen LogP contribution in [0, 0.1) is 0 Å². The second-order valence-corrected chi connectivity index (χ2v) is 3.85. The number of hydrogen-bond donors (Lipinski definition) is 3. The summed E-state index contributed by atoms with van der Waals surface area (Å²) in [6.07, 6.45) is 0.465. The first-order valence-electron chi connectivity index (χ1n) is 5.64. The topological polar surface area (TPSA) is 102 Å². The Kier molecular flexibility index (Phi) is 5.40. The highest BCUT2D eigenvalue weighted by Gasteiger charge is 2.18. The molecule has 102 valence electrons. The Morgan fingerprint density at radius 2 is 2.26 bits per heavy atom. The van der Waals surface area contributed by atoms with E-state index in [9.17, 15) is 9.59 Å². The molecule has 1 unspecified atom stereocenters. The van der Waals surface area contributed by atoms with Crippen molar-refractivity contribution in [2.45, 2.75) is 12.5 Å². The molecule has 6 heteroatoms. The molecule has 0 radical (unpaired) electrons. The predicted octanol–water partition coefficient (Wildman–Crippen LogP) is 1.70. The number of rotatable bonds is 6. The Morgan fingerprint density at radius 1 is 1.53 bits per heavy atom. The van der Waals surface area contributed by atoms with Crippen molar-refractivity contribution in [1.82, 2.24) is 5.32 Å². The Balaban J connectivity index is 2.79. The minimum atomic E-state index is -1.03. The number of carbonyl (C=O) groups excluding carboxylic acids is 1. The quantitative estimate of drug-likeness (QED) is 0.536. The van der Waals surface area contributed by atoms with Gasteiger partial charge in [-0.15, -0.1) is 0 Å². The summed E-state index contributed by atoms with van der Waals surface area (Å²) in [5.74, 6) is -1.03. The van der Waals surface area contributed by atoms with E-state index in [-0.39, 0.29) is 13.0 Å². The predicted molar refractivity (Wildman–Crippen MR) is 70.5 cm³/mol. The number of carboxylic acid groups (broad SMARTS) is 1. The maximum Gasteiger partial charge on any atom is 0.407 e. The molecule has 0 heterocycles. The minimum Gasteiger partial charge on any atom is -0.481 e. The molecule has 0 bridgehead atoms. The van der Waals surface area contributed by atoms with Crippen molar-refractivity contribution in [2.75, 3.05) is 12.3 Å². The van der Waals surface area contributed by atoms with Crippen molar-refractivity contribution in [1.29, 1.82) is 0 Å². The van der Waals surface area contributed by atoms with E-state index in [4.69, 9.17) is 15.6 Å². The summed E-state index contributed by atoms with van der Waals surface area (Å²) in [6.45, 7) is 3.47. The molecule has 0 aliphatic carbocycles. The van der Waals surface area contributed by atoms with E-state index >= 15 is 0 Å². The summed E-state index contributed by atoms with van der Waals surface area (Å²) < 4.78 is 4.76. The molecule has 0 aliphatic rings. The third kappa shape index (κ3) is 5.12. The van der Waals surface area contributed by atoms with Gasteiger partial charge in [0, 0.05) is 5.69 Å². The number of anilines is 1. The average molecular weight is 264 g/mol. The highest BCUT2D eigenvalue weighted by molar-refractivity contribution is 5.72. The van der Waals surface area contributed by atoms with Crippen LogP contribution in [0.3, 0.4) is 0 Å². The van der Waals surface area contributed by atoms with Crippen LogP contribution in [0.15, 0.2) is 36.9 Å². The number of hydrogen-bond acceptors (Lipinski definition) is 4. The van der Waals surface area contributed by atoms with E-state index in [1.54, 1.807) is 24.3 Å². The fourth-order valence-electron chi connectivity index (χ4n) is 1.52. The molecule has 1 aromatic carbocycles. The van der Waals surface area contributed by atoms with E-state index in [1.165, 1.54) is 6.08 Å². The SMILES string of the molecule is C=CCOC(=O)NC(CC(=O)O)c1cccc(N)c1. The van der Waals surface area contributed by atoms with Crippen LogP contribution in [0.2, 0.25) is 0 Å². The molecule has 0 aliphatic heterocycles. The Morgan fingerprint density at radius 3 is 2.84 bits per heavy atom. The number of nitrogens with two attached hydrogens (primary N) is 1. The summed E-state index contributed by atoms with van der Waals surface area (Å²) in [7, 11) is 0. The number of carboxylic acids is 1. The molecular weight excluding hydrogens is 248 g/mol. The number of nitrogens with one attached hydrogen (secondary N) is 1. The third-order valence-corrected chi connectivity index (χ3v) is 2.32. The second-order valence-electron chi connectivity index (χ2n) is 3.85. The lowest BCUT2D eigenvalue weighted by Crippen LogP contribution is -2.30. The van der Waals surface area contributed by atoms with Gasteiger partial charge >= 0.3 is 12.1 Å². The van der Waals surface area contributed by atoms with Crippen LogP contribution in [0.4, 0.5) is 10.5 Å². The number of nitrogen functional groups attached to an aromatic ring is 1. The van der Waals surface area contributed by atoms with Gasteiger partial charge in [-0.1, -0.05) is 24.8 Å². The van der Waals surface area contributed by atoms with Crippen LogP contribution in [0.1, 0.15) is 18.0 Å². The molecule has 0 fully saturated rings. The standard InChI is InChI=1S/C13H16N2O4/c1-2-6-19-13(18)15-11(8-12(16)17)9-4-3-5-10(14)7-9/h2-5,7,11H,1,6,8,14H2,(H,15,18)(H,16,17). The lowest BCUT2D eigenvalue weighted by molar-refractivity contribution is -0.137. The van der Waals surface area contributed by atoms with Crippen molar-refractivity contribution in [2.24, 2.45) is 0 Å². The van der Waals surface area contributed by atoms with Crippen LogP contribution < -0.4 is 11.1 Å². The van der Waals surface area contributed by atoms with Crippen LogP contribution in [0.25, 0.3) is 0 Å². The molecule has 19 heavy (non-hydrogen) atoms. The van der Waals surface area contributed by atoms with E-state index in [1.807, 2.05) is 0 Å². The maximum atomic E-state index is 11.4. The van der Waals surface area contributed by atoms with Gasteiger partial charge in [-0.25, -0.2) is 4.79 Å². The van der Waals surface area contributed by atoms with Gasteiger partial charge in [0.15, 0.2) is 0 Å². The first-order valence-corrected chi connectivity index (χ1v) is 5.64. The molecule has 0 spiro atoms. The Hall–Kier alpha value is -2.50. The van der Waals surface area contributed by atoms with Gasteiger partial charge in [-0.2, -0.15) is 0 Å². The zero-order valence-electron chi connectivity index (χ0n) is 10.3. The molecule has 6 nitrogen and oxygen atoms in total. The van der Waals surface area contributed by atoms with Gasteiger partial charge < -0.3 is 20.9 Å². The van der Waals surface area contributed by atoms with E-state index in [0.717, 1.165) is 0 Å². The molecular formula is C13H16N2O4. The molecule has 0 aromatic heterocycles. The monoisotopic (exact) mass is 264 g/mol. The first kappa shape index (κ1) is 14.6. The van der Waals surface area contributed by atoms with Gasteiger partial charge in [0.05, 0.1) is 12.5 Å². The Bertz CT molecular complexity index is 473. The summed E-state index contributed by atoms with van der Waals surface area (Å²) >= 11 is 0. The fourth-order valence-corrected chi connectivity index (χ4v) is 1.52. The summed E-state index contributed by atoms with van der Waals surface area (Å²) in [4.78, 5) is 22.3. The number of alkyl carbamates (subject to hydrolysis) is 1. The highest BCUT2D eigenvalue weighted by Crippen LogP contribution is 2.19. The Labute approximate surface area is 110 Å². The maximum absolute atomic E-state index is 11.4. The highest BCUT2D eigenvalue weighted by atomic mass is 16.5. The van der Waals surface area contributed by atoms with Crippen molar-refractivity contribution in [3.63, 3.8) is 0 Å². The fraction of sp³-hybridized carbons (Fsp3) is 0.231. The lowest BCUT2D eigenvalue weighted by atomic mass is 10.0. The van der Waals surface area contributed by atoms with Crippen LogP contribution in [0.5, 0.6) is 0 Å². The van der Waals surface area contributed by atoms with E-state index < -0.39 is 18.1 Å². The first-order chi connectivity index (χ1) is 9.02. The van der Waals surface area contributed by atoms with E-state index in [2.05, 4.69) is 11.9 Å². The second kappa shape index (κ2) is 7.05. The van der Waals surface area contributed by atoms with Crippen molar-refractivity contribution in [3.05, 3.63) is 42.5 Å². The molecule has 4 N–H and O–H groups in total. The summed E-state index contributed by atoms with van der Waals surface area (Å²) in [5, 5.41) is 11.3. The van der Waals surface area contributed by atoms with E-state index in [0.29, 0.717) is 11.3 Å². The zero-order valence-corrected chi connectivity index (χ0v) is 10.3. The molecule has 1 amide bonds. The number of aliphatic carboxylic acids is 1. The third-order valence-electron chi connectivity index (χ3n) is 2.32. The summed E-state index contributed by atoms with van der Waals surface area (Å²) in [5.41, 5.74) is 6.74. The summed E-state index contributed by atoms with van der Waals surface area (Å²) in [6, 6.07) is 5.98. The number of benzene rings is 1. The number of ether oxygens (including phenoxy) is 1. The van der Waals surface area contributed by atoms with Crippen LogP contribution >= 0.6 is 0 Å². The smallest absolute Gasteiger partial charge is 0.407 e. The normalized spacial score (nSPS) is 11.4.